The van der Waals surface area contributed by atoms with Crippen molar-refractivity contribution < 1.29 is 0 Å². The van der Waals surface area contributed by atoms with Crippen molar-refractivity contribution in [1.82, 2.24) is 15.0 Å². The van der Waals surface area contributed by atoms with Crippen molar-refractivity contribution in [2.45, 2.75) is 5.41 Å². The molecule has 236 valence electrons. The Morgan fingerprint density at radius 1 is 0.392 bits per heavy atom. The molecule has 5 nitrogen and oxygen atoms in total. The van der Waals surface area contributed by atoms with Crippen molar-refractivity contribution in [2.24, 2.45) is 0 Å². The molecule has 1 heterocycles. The molecule has 0 bridgehead atoms. The van der Waals surface area contributed by atoms with Crippen molar-refractivity contribution in [3.05, 3.63) is 197 Å². The number of aromatic nitrogens is 3. The summed E-state index contributed by atoms with van der Waals surface area (Å²) in [6.45, 7) is 0. The first kappa shape index (κ1) is 29.9. The standard InChI is InChI=1S/C46H27N5/c47-28-30-11-10-18-38(24-30)46(37-16-8-3-9-17-37)41-26-35(21-22-39(41)40-25-34-20-19-31(29-48)23-36(34)27-42(40)46)45-50-43(32-12-4-1-5-13-32)49-44(51-45)33-14-6-2-7-15-33/h1-27H. The van der Waals surface area contributed by atoms with Gasteiger partial charge in [0.25, 0.3) is 0 Å². The first-order valence-corrected chi connectivity index (χ1v) is 16.7. The monoisotopic (exact) mass is 649 g/mol. The van der Waals surface area contributed by atoms with Crippen molar-refractivity contribution in [3.63, 3.8) is 0 Å². The smallest absolute Gasteiger partial charge is 0.164 e. The summed E-state index contributed by atoms with van der Waals surface area (Å²) >= 11 is 0. The summed E-state index contributed by atoms with van der Waals surface area (Å²) in [5.41, 5.74) is 9.45. The fourth-order valence-corrected chi connectivity index (χ4v) is 7.51. The van der Waals surface area contributed by atoms with E-state index in [1.165, 1.54) is 0 Å². The number of benzene rings is 7. The van der Waals surface area contributed by atoms with E-state index in [0.717, 1.165) is 60.8 Å². The summed E-state index contributed by atoms with van der Waals surface area (Å²) in [7, 11) is 0. The highest BCUT2D eigenvalue weighted by Gasteiger charge is 2.46. The van der Waals surface area contributed by atoms with Crippen LogP contribution in [0.4, 0.5) is 0 Å². The molecule has 1 atom stereocenters. The summed E-state index contributed by atoms with van der Waals surface area (Å²) in [6, 6.07) is 59.8. The van der Waals surface area contributed by atoms with Gasteiger partial charge in [0.2, 0.25) is 0 Å². The van der Waals surface area contributed by atoms with Crippen LogP contribution in [0.1, 0.15) is 33.4 Å². The van der Waals surface area contributed by atoms with Gasteiger partial charge >= 0.3 is 0 Å². The van der Waals surface area contributed by atoms with Crippen LogP contribution in [-0.4, -0.2) is 15.0 Å². The lowest BCUT2D eigenvalue weighted by molar-refractivity contribution is 0.769. The molecule has 7 aromatic carbocycles. The second-order valence-electron chi connectivity index (χ2n) is 12.7. The quantitative estimate of drug-likeness (QED) is 0.185. The van der Waals surface area contributed by atoms with E-state index in [1.54, 1.807) is 0 Å². The Labute approximate surface area is 295 Å². The fraction of sp³-hybridized carbons (Fsp3) is 0.0217. The Balaban J connectivity index is 1.36. The first-order valence-electron chi connectivity index (χ1n) is 16.7. The highest BCUT2D eigenvalue weighted by molar-refractivity contribution is 5.97. The minimum atomic E-state index is -0.789. The van der Waals surface area contributed by atoms with Crippen LogP contribution in [0, 0.1) is 22.7 Å². The highest BCUT2D eigenvalue weighted by Crippen LogP contribution is 2.57. The van der Waals surface area contributed by atoms with Gasteiger partial charge in [0.1, 0.15) is 0 Å². The summed E-state index contributed by atoms with van der Waals surface area (Å²) in [5, 5.41) is 21.9. The SMILES string of the molecule is N#Cc1cccc(C2(c3ccccc3)c3cc(-c4nc(-c5ccccc5)nc(-c5ccccc5)n4)ccc3-c3cc4ccc(C#N)cc4cc32)c1. The van der Waals surface area contributed by atoms with E-state index >= 15 is 0 Å². The molecule has 0 radical (unpaired) electrons. The fourth-order valence-electron chi connectivity index (χ4n) is 7.51. The number of nitriles is 2. The summed E-state index contributed by atoms with van der Waals surface area (Å²) in [6.07, 6.45) is 0. The molecular formula is C46H27N5. The topological polar surface area (TPSA) is 86.2 Å². The van der Waals surface area contributed by atoms with Crippen LogP contribution in [0.5, 0.6) is 0 Å². The predicted octanol–water partition coefficient (Wildman–Crippen LogP) is 10.1. The lowest BCUT2D eigenvalue weighted by Crippen LogP contribution is -2.28. The highest BCUT2D eigenvalue weighted by atomic mass is 15.0. The van der Waals surface area contributed by atoms with E-state index in [2.05, 4.69) is 72.8 Å². The van der Waals surface area contributed by atoms with Gasteiger partial charge in [-0.25, -0.2) is 15.0 Å². The largest absolute Gasteiger partial charge is 0.208 e. The molecule has 5 heteroatoms. The van der Waals surface area contributed by atoms with E-state index < -0.39 is 5.41 Å². The van der Waals surface area contributed by atoms with Crippen LogP contribution >= 0.6 is 0 Å². The third-order valence-electron chi connectivity index (χ3n) is 9.81. The lowest BCUT2D eigenvalue weighted by Gasteiger charge is -2.34. The van der Waals surface area contributed by atoms with Crippen LogP contribution < -0.4 is 0 Å². The van der Waals surface area contributed by atoms with E-state index in [-0.39, 0.29) is 0 Å². The normalized spacial score (nSPS) is 14.3. The summed E-state index contributed by atoms with van der Waals surface area (Å²) in [4.78, 5) is 15.0. The van der Waals surface area contributed by atoms with Gasteiger partial charge in [-0.2, -0.15) is 10.5 Å². The third-order valence-corrected chi connectivity index (χ3v) is 9.81. The molecule has 0 saturated heterocycles. The Morgan fingerprint density at radius 2 is 0.961 bits per heavy atom. The van der Waals surface area contributed by atoms with Crippen LogP contribution in [0.3, 0.4) is 0 Å². The van der Waals surface area contributed by atoms with Gasteiger partial charge in [-0.15, -0.1) is 0 Å². The Morgan fingerprint density at radius 3 is 1.61 bits per heavy atom. The average molecular weight is 650 g/mol. The minimum Gasteiger partial charge on any atom is -0.208 e. The summed E-state index contributed by atoms with van der Waals surface area (Å²) in [5.74, 6) is 1.76. The Bertz CT molecular complexity index is 2650. The number of hydrogen-bond acceptors (Lipinski definition) is 5. The van der Waals surface area contributed by atoms with Gasteiger partial charge in [0.15, 0.2) is 17.5 Å². The van der Waals surface area contributed by atoms with Crippen molar-refractivity contribution in [3.8, 4) is 57.4 Å². The maximum atomic E-state index is 10.1. The molecule has 1 aliphatic rings. The molecule has 9 rings (SSSR count). The van der Waals surface area contributed by atoms with Crippen molar-refractivity contribution >= 4 is 10.8 Å². The van der Waals surface area contributed by atoms with E-state index in [9.17, 15) is 10.5 Å². The van der Waals surface area contributed by atoms with E-state index in [4.69, 9.17) is 15.0 Å². The molecule has 1 unspecified atom stereocenters. The molecule has 0 N–H and O–H groups in total. The number of nitrogens with zero attached hydrogens (tertiary/aromatic N) is 5. The van der Waals surface area contributed by atoms with E-state index in [1.807, 2.05) is 103 Å². The predicted molar refractivity (Wildman–Crippen MR) is 200 cm³/mol. The first-order chi connectivity index (χ1) is 25.1. The second kappa shape index (κ2) is 12.0. The van der Waals surface area contributed by atoms with Crippen molar-refractivity contribution in [1.29, 1.82) is 10.5 Å². The molecule has 1 aliphatic carbocycles. The minimum absolute atomic E-state index is 0.568. The zero-order valence-electron chi connectivity index (χ0n) is 27.3. The number of rotatable bonds is 5. The van der Waals surface area contributed by atoms with Gasteiger partial charge < -0.3 is 0 Å². The third kappa shape index (κ3) is 4.88. The molecule has 1 aromatic heterocycles. The van der Waals surface area contributed by atoms with Gasteiger partial charge in [-0.1, -0.05) is 121 Å². The van der Waals surface area contributed by atoms with Gasteiger partial charge in [-0.3, -0.25) is 0 Å². The molecule has 0 spiro atoms. The van der Waals surface area contributed by atoms with Crippen LogP contribution in [0.15, 0.2) is 164 Å². The zero-order chi connectivity index (χ0) is 34.4. The Hall–Kier alpha value is -7.21. The van der Waals surface area contributed by atoms with Crippen LogP contribution in [0.25, 0.3) is 56.1 Å². The molecule has 51 heavy (non-hydrogen) atoms. The second-order valence-corrected chi connectivity index (χ2v) is 12.7. The number of hydrogen-bond donors (Lipinski definition) is 0. The van der Waals surface area contributed by atoms with Gasteiger partial charge in [0, 0.05) is 16.7 Å². The maximum Gasteiger partial charge on any atom is 0.164 e. The van der Waals surface area contributed by atoms with Crippen LogP contribution in [0.2, 0.25) is 0 Å². The molecule has 0 saturated carbocycles. The van der Waals surface area contributed by atoms with E-state index in [0.29, 0.717) is 28.6 Å². The molecule has 0 fully saturated rings. The average Bonchev–Trinajstić information content (AvgIpc) is 3.49. The van der Waals surface area contributed by atoms with Crippen LogP contribution in [-0.2, 0) is 5.41 Å². The Kier molecular flexibility index (Phi) is 7.06. The van der Waals surface area contributed by atoms with Crippen molar-refractivity contribution in [2.75, 3.05) is 0 Å². The van der Waals surface area contributed by atoms with Gasteiger partial charge in [0.05, 0.1) is 28.7 Å². The molecule has 8 aromatic rings. The zero-order valence-corrected chi connectivity index (χ0v) is 27.3. The molecule has 0 aliphatic heterocycles. The molecule has 0 amide bonds. The summed E-state index contributed by atoms with van der Waals surface area (Å²) < 4.78 is 0. The van der Waals surface area contributed by atoms with Gasteiger partial charge in [-0.05, 0) is 86.6 Å². The number of fused-ring (bicyclic) bond motifs is 4. The maximum absolute atomic E-state index is 10.1. The molecular weight excluding hydrogens is 623 g/mol. The lowest BCUT2D eigenvalue weighted by atomic mass is 9.67.